The first-order chi connectivity index (χ1) is 8.13. The van der Waals surface area contributed by atoms with E-state index in [1.807, 2.05) is 13.0 Å². The van der Waals surface area contributed by atoms with Crippen molar-refractivity contribution in [2.75, 3.05) is 26.6 Å². The number of hydrogen-bond acceptors (Lipinski definition) is 5. The summed E-state index contributed by atoms with van der Waals surface area (Å²) in [6.07, 6.45) is 0. The number of benzene rings is 1. The zero-order valence-corrected chi connectivity index (χ0v) is 10.5. The van der Waals surface area contributed by atoms with Gasteiger partial charge in [-0.1, -0.05) is 6.07 Å². The SMILES string of the molecule is COc1ccc(CNC(C)CO)c(OC)c1N. The van der Waals surface area contributed by atoms with E-state index >= 15 is 0 Å². The zero-order valence-electron chi connectivity index (χ0n) is 10.5. The number of rotatable bonds is 6. The third-order valence-corrected chi connectivity index (χ3v) is 2.58. The van der Waals surface area contributed by atoms with Crippen LogP contribution in [-0.2, 0) is 6.54 Å². The lowest BCUT2D eigenvalue weighted by atomic mass is 10.1. The molecular formula is C12H20N2O3. The molecule has 1 rings (SSSR count). The summed E-state index contributed by atoms with van der Waals surface area (Å²) < 4.78 is 10.4. The average molecular weight is 240 g/mol. The molecule has 4 N–H and O–H groups in total. The fourth-order valence-corrected chi connectivity index (χ4v) is 1.53. The van der Waals surface area contributed by atoms with Crippen LogP contribution in [-0.4, -0.2) is 32.0 Å². The molecule has 0 radical (unpaired) electrons. The van der Waals surface area contributed by atoms with Crippen molar-refractivity contribution in [3.05, 3.63) is 17.7 Å². The molecular weight excluding hydrogens is 220 g/mol. The Bertz CT molecular complexity index is 369. The van der Waals surface area contributed by atoms with Crippen LogP contribution in [0.3, 0.4) is 0 Å². The highest BCUT2D eigenvalue weighted by atomic mass is 16.5. The highest BCUT2D eigenvalue weighted by Crippen LogP contribution is 2.34. The van der Waals surface area contributed by atoms with E-state index in [4.69, 9.17) is 20.3 Å². The third-order valence-electron chi connectivity index (χ3n) is 2.58. The Morgan fingerprint density at radius 3 is 2.59 bits per heavy atom. The van der Waals surface area contributed by atoms with Crippen molar-refractivity contribution >= 4 is 5.69 Å². The number of nitrogen functional groups attached to an aromatic ring is 1. The summed E-state index contributed by atoms with van der Waals surface area (Å²) >= 11 is 0. The number of hydrogen-bond donors (Lipinski definition) is 3. The Labute approximate surface area is 102 Å². The Morgan fingerprint density at radius 2 is 2.06 bits per heavy atom. The Hall–Kier alpha value is -1.46. The monoisotopic (exact) mass is 240 g/mol. The molecule has 1 atom stereocenters. The van der Waals surface area contributed by atoms with Gasteiger partial charge in [0.2, 0.25) is 0 Å². The molecule has 0 aliphatic carbocycles. The van der Waals surface area contributed by atoms with Gasteiger partial charge in [0, 0.05) is 18.2 Å². The Morgan fingerprint density at radius 1 is 1.35 bits per heavy atom. The molecule has 0 heterocycles. The maximum absolute atomic E-state index is 8.94. The van der Waals surface area contributed by atoms with E-state index < -0.39 is 0 Å². The molecule has 17 heavy (non-hydrogen) atoms. The maximum Gasteiger partial charge on any atom is 0.150 e. The van der Waals surface area contributed by atoms with Crippen LogP contribution in [0.4, 0.5) is 5.69 Å². The third kappa shape index (κ3) is 3.25. The van der Waals surface area contributed by atoms with E-state index in [-0.39, 0.29) is 12.6 Å². The van der Waals surface area contributed by atoms with Crippen molar-refractivity contribution in [1.29, 1.82) is 0 Å². The molecule has 0 aliphatic heterocycles. The molecule has 0 saturated heterocycles. The quantitative estimate of drug-likeness (QED) is 0.640. The van der Waals surface area contributed by atoms with Gasteiger partial charge in [0.15, 0.2) is 0 Å². The lowest BCUT2D eigenvalue weighted by Gasteiger charge is -2.16. The van der Waals surface area contributed by atoms with Gasteiger partial charge in [0.1, 0.15) is 17.2 Å². The van der Waals surface area contributed by atoms with E-state index in [1.54, 1.807) is 20.3 Å². The molecule has 1 unspecified atom stereocenters. The van der Waals surface area contributed by atoms with Crippen molar-refractivity contribution in [1.82, 2.24) is 5.32 Å². The Kier molecular flexibility index (Phi) is 5.06. The van der Waals surface area contributed by atoms with Crippen molar-refractivity contribution in [2.45, 2.75) is 19.5 Å². The number of anilines is 1. The minimum atomic E-state index is 0.0306. The highest BCUT2D eigenvalue weighted by molar-refractivity contribution is 5.65. The van der Waals surface area contributed by atoms with Crippen LogP contribution < -0.4 is 20.5 Å². The van der Waals surface area contributed by atoms with Crippen LogP contribution >= 0.6 is 0 Å². The van der Waals surface area contributed by atoms with Crippen LogP contribution in [0, 0.1) is 0 Å². The van der Waals surface area contributed by atoms with Gasteiger partial charge in [-0.05, 0) is 13.0 Å². The lowest BCUT2D eigenvalue weighted by molar-refractivity contribution is 0.250. The van der Waals surface area contributed by atoms with Crippen LogP contribution in [0.2, 0.25) is 0 Å². The first kappa shape index (κ1) is 13.6. The van der Waals surface area contributed by atoms with E-state index in [0.29, 0.717) is 23.7 Å². The molecule has 0 spiro atoms. The molecule has 0 aromatic heterocycles. The van der Waals surface area contributed by atoms with E-state index in [9.17, 15) is 0 Å². The van der Waals surface area contributed by atoms with Gasteiger partial charge in [0.25, 0.3) is 0 Å². The van der Waals surface area contributed by atoms with Gasteiger partial charge in [-0.15, -0.1) is 0 Å². The van der Waals surface area contributed by atoms with Gasteiger partial charge in [-0.25, -0.2) is 0 Å². The van der Waals surface area contributed by atoms with Gasteiger partial charge in [0.05, 0.1) is 20.8 Å². The van der Waals surface area contributed by atoms with E-state index in [2.05, 4.69) is 5.32 Å². The first-order valence-electron chi connectivity index (χ1n) is 5.47. The summed E-state index contributed by atoms with van der Waals surface area (Å²) in [6.45, 7) is 2.58. The molecule has 0 amide bonds. The molecule has 1 aromatic carbocycles. The van der Waals surface area contributed by atoms with Crippen LogP contribution in [0.25, 0.3) is 0 Å². The minimum absolute atomic E-state index is 0.0306. The average Bonchev–Trinajstić information content (AvgIpc) is 2.35. The predicted molar refractivity (Wildman–Crippen MR) is 67.3 cm³/mol. The summed E-state index contributed by atoms with van der Waals surface area (Å²) in [6, 6.07) is 3.73. The molecule has 5 heteroatoms. The van der Waals surface area contributed by atoms with Crippen LogP contribution in [0.5, 0.6) is 11.5 Å². The number of nitrogens with two attached hydrogens (primary N) is 1. The lowest BCUT2D eigenvalue weighted by Crippen LogP contribution is -2.28. The molecule has 5 nitrogen and oxygen atoms in total. The number of nitrogens with one attached hydrogen (secondary N) is 1. The predicted octanol–water partition coefficient (Wildman–Crippen LogP) is 0.756. The van der Waals surface area contributed by atoms with Crippen LogP contribution in [0.15, 0.2) is 12.1 Å². The standard InChI is InChI=1S/C12H20N2O3/c1-8(7-15)14-6-9-4-5-10(16-2)11(13)12(9)17-3/h4-5,8,14-15H,6-7,13H2,1-3H3. The summed E-state index contributed by atoms with van der Waals surface area (Å²) in [5, 5.41) is 12.1. The minimum Gasteiger partial charge on any atom is -0.494 e. The second-order valence-electron chi connectivity index (χ2n) is 3.84. The largest absolute Gasteiger partial charge is 0.494 e. The van der Waals surface area contributed by atoms with Crippen molar-refractivity contribution in [3.63, 3.8) is 0 Å². The summed E-state index contributed by atoms with van der Waals surface area (Å²) in [5.41, 5.74) is 7.34. The number of methoxy groups -OCH3 is 2. The zero-order chi connectivity index (χ0) is 12.8. The first-order valence-corrected chi connectivity index (χ1v) is 5.47. The second-order valence-corrected chi connectivity index (χ2v) is 3.84. The van der Waals surface area contributed by atoms with Crippen molar-refractivity contribution < 1.29 is 14.6 Å². The molecule has 96 valence electrons. The summed E-state index contributed by atoms with van der Waals surface area (Å²) in [5.74, 6) is 1.21. The number of ether oxygens (including phenoxy) is 2. The van der Waals surface area contributed by atoms with E-state index in [1.165, 1.54) is 0 Å². The summed E-state index contributed by atoms with van der Waals surface area (Å²) in [4.78, 5) is 0. The molecule has 1 aromatic rings. The molecule has 0 saturated carbocycles. The fourth-order valence-electron chi connectivity index (χ4n) is 1.53. The van der Waals surface area contributed by atoms with Gasteiger partial charge in [-0.2, -0.15) is 0 Å². The van der Waals surface area contributed by atoms with Crippen LogP contribution in [0.1, 0.15) is 12.5 Å². The second kappa shape index (κ2) is 6.32. The topological polar surface area (TPSA) is 76.7 Å². The number of aliphatic hydroxyl groups is 1. The number of aliphatic hydroxyl groups excluding tert-OH is 1. The molecule has 0 aliphatic rings. The molecule has 0 bridgehead atoms. The smallest absolute Gasteiger partial charge is 0.150 e. The molecule has 0 fully saturated rings. The van der Waals surface area contributed by atoms with Gasteiger partial charge in [-0.3, -0.25) is 0 Å². The van der Waals surface area contributed by atoms with E-state index in [0.717, 1.165) is 5.56 Å². The highest BCUT2D eigenvalue weighted by Gasteiger charge is 2.12. The summed E-state index contributed by atoms with van der Waals surface area (Å²) in [7, 11) is 3.14. The van der Waals surface area contributed by atoms with Gasteiger partial charge >= 0.3 is 0 Å². The normalized spacial score (nSPS) is 12.2. The van der Waals surface area contributed by atoms with Crippen molar-refractivity contribution in [3.8, 4) is 11.5 Å². The Balaban J connectivity index is 2.88. The van der Waals surface area contributed by atoms with Crippen molar-refractivity contribution in [2.24, 2.45) is 0 Å². The van der Waals surface area contributed by atoms with Gasteiger partial charge < -0.3 is 25.6 Å². The fraction of sp³-hybridized carbons (Fsp3) is 0.500. The maximum atomic E-state index is 8.94.